The fourth-order valence-corrected chi connectivity index (χ4v) is 2.25. The Bertz CT molecular complexity index is 570. The summed E-state index contributed by atoms with van der Waals surface area (Å²) >= 11 is 0. The maximum Gasteiger partial charge on any atom is 0.167 e. The second-order valence-electron chi connectivity index (χ2n) is 4.54. The summed E-state index contributed by atoms with van der Waals surface area (Å²) in [6.45, 7) is 10.8. The number of nitrogens with zero attached hydrogens (tertiary/aromatic N) is 3. The lowest BCUT2D eigenvalue weighted by Crippen LogP contribution is -2.08. The first kappa shape index (κ1) is 13.5. The molecular weight excluding hydrogens is 240 g/mol. The number of hydrogen-bond acceptors (Lipinski definition) is 5. The van der Waals surface area contributed by atoms with Gasteiger partial charge in [-0.3, -0.25) is 0 Å². The summed E-state index contributed by atoms with van der Waals surface area (Å²) in [6, 6.07) is 0. The van der Waals surface area contributed by atoms with E-state index in [1.807, 2.05) is 20.8 Å². The zero-order valence-electron chi connectivity index (χ0n) is 12.2. The lowest BCUT2D eigenvalue weighted by molar-refractivity contribution is 0.393. The SMILES string of the molecule is CCNc1nc(-c2c(C)noc2C)nc(C)c1CC. The number of aromatic nitrogens is 3. The largest absolute Gasteiger partial charge is 0.370 e. The molecule has 102 valence electrons. The van der Waals surface area contributed by atoms with Crippen LogP contribution in [0.5, 0.6) is 0 Å². The fourth-order valence-electron chi connectivity index (χ4n) is 2.25. The van der Waals surface area contributed by atoms with Crippen LogP contribution in [-0.2, 0) is 6.42 Å². The fraction of sp³-hybridized carbons (Fsp3) is 0.500. The molecule has 2 aromatic rings. The lowest BCUT2D eigenvalue weighted by Gasteiger charge is -2.12. The van der Waals surface area contributed by atoms with E-state index in [2.05, 4.69) is 34.3 Å². The summed E-state index contributed by atoms with van der Waals surface area (Å²) < 4.78 is 5.20. The zero-order valence-corrected chi connectivity index (χ0v) is 12.2. The van der Waals surface area contributed by atoms with E-state index < -0.39 is 0 Å². The molecule has 0 atom stereocenters. The van der Waals surface area contributed by atoms with Crippen LogP contribution in [-0.4, -0.2) is 21.7 Å². The summed E-state index contributed by atoms with van der Waals surface area (Å²) in [5, 5.41) is 7.27. The summed E-state index contributed by atoms with van der Waals surface area (Å²) in [5.74, 6) is 2.35. The predicted molar refractivity (Wildman–Crippen MR) is 75.3 cm³/mol. The summed E-state index contributed by atoms with van der Waals surface area (Å²) in [5.41, 5.74) is 3.88. The molecule has 0 amide bonds. The third-order valence-corrected chi connectivity index (χ3v) is 3.17. The van der Waals surface area contributed by atoms with Crippen molar-refractivity contribution in [3.8, 4) is 11.4 Å². The minimum Gasteiger partial charge on any atom is -0.370 e. The van der Waals surface area contributed by atoms with Gasteiger partial charge in [-0.05, 0) is 34.1 Å². The summed E-state index contributed by atoms with van der Waals surface area (Å²) in [6.07, 6.45) is 0.913. The van der Waals surface area contributed by atoms with E-state index in [4.69, 9.17) is 4.52 Å². The molecule has 0 radical (unpaired) electrons. The maximum atomic E-state index is 5.20. The van der Waals surface area contributed by atoms with Crippen molar-refractivity contribution >= 4 is 5.82 Å². The second kappa shape index (κ2) is 5.38. The second-order valence-corrected chi connectivity index (χ2v) is 4.54. The van der Waals surface area contributed by atoms with Crippen LogP contribution < -0.4 is 5.32 Å². The Morgan fingerprint density at radius 3 is 2.32 bits per heavy atom. The molecule has 2 aromatic heterocycles. The molecule has 0 aliphatic rings. The van der Waals surface area contributed by atoms with E-state index in [9.17, 15) is 0 Å². The van der Waals surface area contributed by atoms with Crippen molar-refractivity contribution in [3.05, 3.63) is 22.7 Å². The van der Waals surface area contributed by atoms with Crippen LogP contribution in [0.4, 0.5) is 5.82 Å². The predicted octanol–water partition coefficient (Wildman–Crippen LogP) is 3.05. The van der Waals surface area contributed by atoms with Crippen LogP contribution in [0.2, 0.25) is 0 Å². The molecule has 0 saturated heterocycles. The van der Waals surface area contributed by atoms with Gasteiger partial charge in [-0.1, -0.05) is 12.1 Å². The van der Waals surface area contributed by atoms with Crippen molar-refractivity contribution in [2.45, 2.75) is 41.0 Å². The number of nitrogens with one attached hydrogen (secondary N) is 1. The first-order valence-corrected chi connectivity index (χ1v) is 6.63. The molecule has 0 bridgehead atoms. The van der Waals surface area contributed by atoms with Crippen LogP contribution in [0.15, 0.2) is 4.52 Å². The van der Waals surface area contributed by atoms with Crippen LogP contribution in [0.25, 0.3) is 11.4 Å². The molecule has 2 heterocycles. The average Bonchev–Trinajstić information content (AvgIpc) is 2.69. The number of anilines is 1. The average molecular weight is 260 g/mol. The quantitative estimate of drug-likeness (QED) is 0.915. The molecule has 0 unspecified atom stereocenters. The third-order valence-electron chi connectivity index (χ3n) is 3.17. The van der Waals surface area contributed by atoms with Gasteiger partial charge in [0.2, 0.25) is 0 Å². The Morgan fingerprint density at radius 2 is 1.79 bits per heavy atom. The minimum atomic E-state index is 0.682. The van der Waals surface area contributed by atoms with Gasteiger partial charge >= 0.3 is 0 Å². The first-order chi connectivity index (χ1) is 9.08. The number of rotatable bonds is 4. The molecule has 19 heavy (non-hydrogen) atoms. The van der Waals surface area contributed by atoms with Crippen molar-refractivity contribution in [1.82, 2.24) is 15.1 Å². The number of hydrogen-bond donors (Lipinski definition) is 1. The molecule has 0 spiro atoms. The van der Waals surface area contributed by atoms with E-state index >= 15 is 0 Å². The Hall–Kier alpha value is -1.91. The van der Waals surface area contributed by atoms with Gasteiger partial charge < -0.3 is 9.84 Å². The normalized spacial score (nSPS) is 10.8. The van der Waals surface area contributed by atoms with E-state index in [1.54, 1.807) is 0 Å². The van der Waals surface area contributed by atoms with E-state index in [1.165, 1.54) is 0 Å². The molecule has 1 N–H and O–H groups in total. The van der Waals surface area contributed by atoms with Crippen LogP contribution in [0, 0.1) is 20.8 Å². The molecule has 0 fully saturated rings. The minimum absolute atomic E-state index is 0.682. The summed E-state index contributed by atoms with van der Waals surface area (Å²) in [7, 11) is 0. The van der Waals surface area contributed by atoms with Crippen LogP contribution in [0.1, 0.15) is 36.6 Å². The topological polar surface area (TPSA) is 63.8 Å². The highest BCUT2D eigenvalue weighted by molar-refractivity contribution is 5.63. The monoisotopic (exact) mass is 260 g/mol. The van der Waals surface area contributed by atoms with Crippen LogP contribution in [0.3, 0.4) is 0 Å². The molecule has 5 heteroatoms. The van der Waals surface area contributed by atoms with Gasteiger partial charge in [-0.2, -0.15) is 0 Å². The Morgan fingerprint density at radius 1 is 1.05 bits per heavy atom. The van der Waals surface area contributed by atoms with Crippen LogP contribution >= 0.6 is 0 Å². The molecule has 0 saturated carbocycles. The van der Waals surface area contributed by atoms with Gasteiger partial charge in [0.25, 0.3) is 0 Å². The Kier molecular flexibility index (Phi) is 3.83. The van der Waals surface area contributed by atoms with E-state index in [-0.39, 0.29) is 0 Å². The summed E-state index contributed by atoms with van der Waals surface area (Å²) in [4.78, 5) is 9.24. The van der Waals surface area contributed by atoms with E-state index in [0.717, 1.165) is 47.1 Å². The standard InChI is InChI=1S/C14H20N4O/c1-6-11-8(3)16-14(17-13(11)15-7-2)12-9(4)18-19-10(12)5/h6-7H2,1-5H3,(H,15,16,17). The van der Waals surface area contributed by atoms with Crippen molar-refractivity contribution < 1.29 is 4.52 Å². The third kappa shape index (κ3) is 2.45. The first-order valence-electron chi connectivity index (χ1n) is 6.63. The number of aryl methyl sites for hydroxylation is 3. The van der Waals surface area contributed by atoms with Crippen molar-refractivity contribution in [2.24, 2.45) is 0 Å². The van der Waals surface area contributed by atoms with Gasteiger partial charge in [-0.15, -0.1) is 0 Å². The Balaban J connectivity index is 2.60. The van der Waals surface area contributed by atoms with E-state index in [0.29, 0.717) is 5.82 Å². The highest BCUT2D eigenvalue weighted by Gasteiger charge is 2.17. The molecular formula is C14H20N4O. The molecule has 0 aliphatic heterocycles. The Labute approximate surface area is 113 Å². The molecule has 0 aromatic carbocycles. The highest BCUT2D eigenvalue weighted by atomic mass is 16.5. The van der Waals surface area contributed by atoms with Crippen molar-refractivity contribution in [3.63, 3.8) is 0 Å². The molecule has 0 aliphatic carbocycles. The zero-order chi connectivity index (χ0) is 14.0. The van der Waals surface area contributed by atoms with Gasteiger partial charge in [0.05, 0.1) is 11.3 Å². The lowest BCUT2D eigenvalue weighted by atomic mass is 10.1. The molecule has 5 nitrogen and oxygen atoms in total. The van der Waals surface area contributed by atoms with Gasteiger partial charge in [0.15, 0.2) is 5.82 Å². The van der Waals surface area contributed by atoms with Gasteiger partial charge in [0, 0.05) is 17.8 Å². The van der Waals surface area contributed by atoms with Crippen molar-refractivity contribution in [2.75, 3.05) is 11.9 Å². The highest BCUT2D eigenvalue weighted by Crippen LogP contribution is 2.27. The van der Waals surface area contributed by atoms with Gasteiger partial charge in [-0.25, -0.2) is 9.97 Å². The maximum absolute atomic E-state index is 5.20. The molecule has 2 rings (SSSR count). The van der Waals surface area contributed by atoms with Crippen molar-refractivity contribution in [1.29, 1.82) is 0 Å². The smallest absolute Gasteiger partial charge is 0.167 e. The van der Waals surface area contributed by atoms with Gasteiger partial charge in [0.1, 0.15) is 11.6 Å².